The largest absolute Gasteiger partial charge is 0.494 e. The van der Waals surface area contributed by atoms with Gasteiger partial charge >= 0.3 is 6.09 Å². The molecule has 2 amide bonds. The minimum Gasteiger partial charge on any atom is -0.494 e. The van der Waals surface area contributed by atoms with E-state index in [0.29, 0.717) is 11.4 Å². The van der Waals surface area contributed by atoms with Gasteiger partial charge < -0.3 is 14.8 Å². The molecule has 120 valence electrons. The predicted molar refractivity (Wildman–Crippen MR) is 83.4 cm³/mol. The Morgan fingerprint density at radius 1 is 1.00 bits per heavy atom. The first-order chi connectivity index (χ1) is 11.0. The standard InChI is InChI=1S/C16H15FN2O4/c1-22-14-7-6-10(8-13(14)17)15(20)18-11-4-3-5-12(9-11)19-16(21)23-2/h3-9H,1-2H3,(H,18,20)(H,19,21). The molecule has 2 rings (SSSR count). The van der Waals surface area contributed by atoms with Crippen molar-refractivity contribution in [1.29, 1.82) is 0 Å². The highest BCUT2D eigenvalue weighted by molar-refractivity contribution is 6.04. The van der Waals surface area contributed by atoms with Gasteiger partial charge in [0, 0.05) is 16.9 Å². The van der Waals surface area contributed by atoms with Gasteiger partial charge in [-0.15, -0.1) is 0 Å². The number of halogens is 1. The van der Waals surface area contributed by atoms with E-state index >= 15 is 0 Å². The lowest BCUT2D eigenvalue weighted by Crippen LogP contribution is -2.14. The van der Waals surface area contributed by atoms with Crippen LogP contribution in [0.25, 0.3) is 0 Å². The number of hydrogen-bond acceptors (Lipinski definition) is 4. The van der Waals surface area contributed by atoms with Crippen molar-refractivity contribution in [2.45, 2.75) is 0 Å². The van der Waals surface area contributed by atoms with Crippen molar-refractivity contribution in [2.24, 2.45) is 0 Å². The van der Waals surface area contributed by atoms with Crippen LogP contribution in [0, 0.1) is 5.82 Å². The van der Waals surface area contributed by atoms with Crippen LogP contribution in [0.15, 0.2) is 42.5 Å². The van der Waals surface area contributed by atoms with Crippen molar-refractivity contribution in [3.8, 4) is 5.75 Å². The number of carbonyl (C=O) groups is 2. The molecule has 0 bridgehead atoms. The average molecular weight is 318 g/mol. The number of carbonyl (C=O) groups excluding carboxylic acids is 2. The molecule has 0 aromatic heterocycles. The zero-order valence-electron chi connectivity index (χ0n) is 12.6. The number of anilines is 2. The van der Waals surface area contributed by atoms with Gasteiger partial charge in [0.15, 0.2) is 11.6 Å². The van der Waals surface area contributed by atoms with Gasteiger partial charge in [0.25, 0.3) is 5.91 Å². The van der Waals surface area contributed by atoms with Gasteiger partial charge in [0.2, 0.25) is 0 Å². The second-order valence-electron chi connectivity index (χ2n) is 4.50. The Labute approximate surface area is 132 Å². The maximum atomic E-state index is 13.6. The average Bonchev–Trinajstić information content (AvgIpc) is 2.54. The van der Waals surface area contributed by atoms with E-state index in [0.717, 1.165) is 6.07 Å². The molecule has 0 heterocycles. The summed E-state index contributed by atoms with van der Waals surface area (Å²) in [6, 6.07) is 10.4. The fourth-order valence-corrected chi connectivity index (χ4v) is 1.85. The molecule has 2 N–H and O–H groups in total. The predicted octanol–water partition coefficient (Wildman–Crippen LogP) is 3.26. The highest BCUT2D eigenvalue weighted by Gasteiger charge is 2.11. The first-order valence-electron chi connectivity index (χ1n) is 6.63. The first-order valence-corrected chi connectivity index (χ1v) is 6.63. The van der Waals surface area contributed by atoms with E-state index in [9.17, 15) is 14.0 Å². The fraction of sp³-hybridized carbons (Fsp3) is 0.125. The molecule has 0 aliphatic rings. The lowest BCUT2D eigenvalue weighted by Gasteiger charge is -2.09. The van der Waals surface area contributed by atoms with E-state index in [4.69, 9.17) is 4.74 Å². The molecule has 0 aliphatic heterocycles. The molecule has 0 unspecified atom stereocenters. The lowest BCUT2D eigenvalue weighted by molar-refractivity contribution is 0.102. The smallest absolute Gasteiger partial charge is 0.411 e. The summed E-state index contributed by atoms with van der Waals surface area (Å²) in [7, 11) is 2.59. The van der Waals surface area contributed by atoms with E-state index in [2.05, 4.69) is 15.4 Å². The van der Waals surface area contributed by atoms with Gasteiger partial charge in [-0.1, -0.05) is 6.07 Å². The van der Waals surface area contributed by atoms with Crippen LogP contribution in [0.4, 0.5) is 20.6 Å². The minimum absolute atomic E-state index is 0.0609. The van der Waals surface area contributed by atoms with Gasteiger partial charge in [0.1, 0.15) is 0 Å². The maximum Gasteiger partial charge on any atom is 0.411 e. The normalized spacial score (nSPS) is 9.87. The molecule has 0 spiro atoms. The quantitative estimate of drug-likeness (QED) is 0.907. The molecule has 0 aliphatic carbocycles. The Morgan fingerprint density at radius 3 is 2.30 bits per heavy atom. The van der Waals surface area contributed by atoms with E-state index in [1.54, 1.807) is 24.3 Å². The van der Waals surface area contributed by atoms with Crippen LogP contribution < -0.4 is 15.4 Å². The summed E-state index contributed by atoms with van der Waals surface area (Å²) in [6.45, 7) is 0. The van der Waals surface area contributed by atoms with Crippen LogP contribution in [-0.2, 0) is 4.74 Å². The highest BCUT2D eigenvalue weighted by atomic mass is 19.1. The number of benzene rings is 2. The van der Waals surface area contributed by atoms with Crippen molar-refractivity contribution in [2.75, 3.05) is 24.9 Å². The van der Waals surface area contributed by atoms with E-state index < -0.39 is 17.8 Å². The fourth-order valence-electron chi connectivity index (χ4n) is 1.85. The Bertz CT molecular complexity index is 734. The molecule has 2 aromatic carbocycles. The number of amides is 2. The summed E-state index contributed by atoms with van der Waals surface area (Å²) in [4.78, 5) is 23.3. The Kier molecular flexibility index (Phi) is 5.14. The van der Waals surface area contributed by atoms with Crippen LogP contribution in [0.3, 0.4) is 0 Å². The number of hydrogen-bond donors (Lipinski definition) is 2. The molecular weight excluding hydrogens is 303 g/mol. The number of methoxy groups -OCH3 is 2. The Morgan fingerprint density at radius 2 is 1.70 bits per heavy atom. The number of rotatable bonds is 4. The van der Waals surface area contributed by atoms with E-state index in [1.807, 2.05) is 0 Å². The highest BCUT2D eigenvalue weighted by Crippen LogP contribution is 2.20. The summed E-state index contributed by atoms with van der Waals surface area (Å²) in [5, 5.41) is 5.10. The van der Waals surface area contributed by atoms with Gasteiger partial charge in [0.05, 0.1) is 14.2 Å². The third kappa shape index (κ3) is 4.19. The third-order valence-electron chi connectivity index (χ3n) is 2.97. The third-order valence-corrected chi connectivity index (χ3v) is 2.97. The second kappa shape index (κ2) is 7.26. The summed E-state index contributed by atoms with van der Waals surface area (Å²) in [5.74, 6) is -1.05. The molecule has 23 heavy (non-hydrogen) atoms. The maximum absolute atomic E-state index is 13.6. The molecule has 0 saturated carbocycles. The summed E-state index contributed by atoms with van der Waals surface area (Å²) in [5.41, 5.74) is 1.05. The molecule has 2 aromatic rings. The van der Waals surface area contributed by atoms with Crippen molar-refractivity contribution in [3.63, 3.8) is 0 Å². The van der Waals surface area contributed by atoms with E-state index in [1.165, 1.54) is 26.4 Å². The van der Waals surface area contributed by atoms with Gasteiger partial charge in [-0.25, -0.2) is 9.18 Å². The topological polar surface area (TPSA) is 76.7 Å². The molecule has 0 radical (unpaired) electrons. The first kappa shape index (κ1) is 16.3. The number of ether oxygens (including phenoxy) is 2. The van der Waals surface area contributed by atoms with Crippen LogP contribution in [0.1, 0.15) is 10.4 Å². The molecule has 7 heteroatoms. The molecule has 0 fully saturated rings. The summed E-state index contributed by atoms with van der Waals surface area (Å²) in [6.07, 6.45) is -0.620. The number of nitrogens with one attached hydrogen (secondary N) is 2. The Balaban J connectivity index is 2.12. The molecular formula is C16H15FN2O4. The van der Waals surface area contributed by atoms with Crippen LogP contribution in [0.5, 0.6) is 5.75 Å². The van der Waals surface area contributed by atoms with Crippen molar-refractivity contribution in [1.82, 2.24) is 0 Å². The van der Waals surface area contributed by atoms with Gasteiger partial charge in [-0.3, -0.25) is 10.1 Å². The van der Waals surface area contributed by atoms with Crippen LogP contribution in [0.2, 0.25) is 0 Å². The lowest BCUT2D eigenvalue weighted by atomic mass is 10.2. The van der Waals surface area contributed by atoms with Gasteiger partial charge in [-0.2, -0.15) is 0 Å². The Hall–Kier alpha value is -3.09. The molecule has 0 atom stereocenters. The van der Waals surface area contributed by atoms with Crippen LogP contribution >= 0.6 is 0 Å². The van der Waals surface area contributed by atoms with Crippen molar-refractivity contribution >= 4 is 23.4 Å². The summed E-state index contributed by atoms with van der Waals surface area (Å²) >= 11 is 0. The van der Waals surface area contributed by atoms with Crippen molar-refractivity contribution in [3.05, 3.63) is 53.8 Å². The minimum atomic E-state index is -0.624. The molecule has 6 nitrogen and oxygen atoms in total. The zero-order chi connectivity index (χ0) is 16.8. The second-order valence-corrected chi connectivity index (χ2v) is 4.50. The van der Waals surface area contributed by atoms with Gasteiger partial charge in [-0.05, 0) is 36.4 Å². The monoisotopic (exact) mass is 318 g/mol. The summed E-state index contributed by atoms with van der Waals surface area (Å²) < 4.78 is 22.9. The SMILES string of the molecule is COC(=O)Nc1cccc(NC(=O)c2ccc(OC)c(F)c2)c1. The van der Waals surface area contributed by atoms with Crippen LogP contribution in [-0.4, -0.2) is 26.2 Å². The van der Waals surface area contributed by atoms with Crippen molar-refractivity contribution < 1.29 is 23.5 Å². The van der Waals surface area contributed by atoms with E-state index in [-0.39, 0.29) is 11.3 Å². The molecule has 0 saturated heterocycles. The zero-order valence-corrected chi connectivity index (χ0v) is 12.6.